The maximum atomic E-state index is 10.3. The van der Waals surface area contributed by atoms with Crippen LogP contribution in [0.1, 0.15) is 16.7 Å². The Balaban J connectivity index is 1.51. The average molecular weight is 327 g/mol. The van der Waals surface area contributed by atoms with Crippen LogP contribution in [0.4, 0.5) is 0 Å². The molecule has 0 saturated carbocycles. The van der Waals surface area contributed by atoms with Gasteiger partial charge in [-0.1, -0.05) is 0 Å². The zero-order valence-corrected chi connectivity index (χ0v) is 14.5. The summed E-state index contributed by atoms with van der Waals surface area (Å²) in [5.41, 5.74) is 5.69. The van der Waals surface area contributed by atoms with Crippen LogP contribution in [0.15, 0.2) is 30.9 Å². The van der Waals surface area contributed by atoms with Crippen LogP contribution in [0.25, 0.3) is 11.0 Å². The number of imidazole rings is 1. The lowest BCUT2D eigenvalue weighted by atomic mass is 10.1. The van der Waals surface area contributed by atoms with E-state index in [9.17, 15) is 5.11 Å². The van der Waals surface area contributed by atoms with E-state index >= 15 is 0 Å². The standard InChI is InChI=1S/C18H25N5O/c1-13-8-21-23(10-13)5-4-19-9-16(24)11-22-12-20-17-6-14(2)15(3)7-18(17)22/h6-8,10,12,16,19,24H,4-5,9,11H2,1-3H3/t16-/m0/s1. The lowest BCUT2D eigenvalue weighted by Gasteiger charge is -2.13. The molecule has 0 aliphatic carbocycles. The van der Waals surface area contributed by atoms with E-state index < -0.39 is 6.10 Å². The molecule has 3 rings (SSSR count). The Labute approximate surface area is 142 Å². The minimum absolute atomic E-state index is 0.455. The van der Waals surface area contributed by atoms with Crippen molar-refractivity contribution in [1.82, 2.24) is 24.6 Å². The minimum Gasteiger partial charge on any atom is -0.390 e. The third-order valence-electron chi connectivity index (χ3n) is 4.30. The average Bonchev–Trinajstić information content (AvgIpc) is 3.12. The number of aliphatic hydroxyl groups is 1. The van der Waals surface area contributed by atoms with Gasteiger partial charge in [-0.15, -0.1) is 0 Å². The zero-order chi connectivity index (χ0) is 17.1. The number of benzene rings is 1. The number of hydrogen-bond donors (Lipinski definition) is 2. The topological polar surface area (TPSA) is 67.9 Å². The van der Waals surface area contributed by atoms with E-state index in [1.165, 1.54) is 11.1 Å². The van der Waals surface area contributed by atoms with Crippen LogP contribution in [-0.4, -0.2) is 43.6 Å². The first-order valence-electron chi connectivity index (χ1n) is 8.33. The highest BCUT2D eigenvalue weighted by molar-refractivity contribution is 5.77. The fourth-order valence-corrected chi connectivity index (χ4v) is 2.80. The maximum absolute atomic E-state index is 10.3. The molecule has 0 saturated heterocycles. The molecular weight excluding hydrogens is 302 g/mol. The summed E-state index contributed by atoms with van der Waals surface area (Å²) in [6.07, 6.45) is 5.21. The number of fused-ring (bicyclic) bond motifs is 1. The number of aliphatic hydroxyl groups excluding tert-OH is 1. The van der Waals surface area contributed by atoms with Crippen LogP contribution in [0.5, 0.6) is 0 Å². The lowest BCUT2D eigenvalue weighted by Crippen LogP contribution is -2.32. The van der Waals surface area contributed by atoms with Crippen LogP contribution in [0.2, 0.25) is 0 Å². The normalized spacial score (nSPS) is 12.8. The summed E-state index contributed by atoms with van der Waals surface area (Å²) >= 11 is 0. The largest absolute Gasteiger partial charge is 0.390 e. The molecule has 0 aliphatic rings. The summed E-state index contributed by atoms with van der Waals surface area (Å²) in [7, 11) is 0. The molecule has 2 aromatic heterocycles. The number of aromatic nitrogens is 4. The minimum atomic E-state index is -0.455. The Kier molecular flexibility index (Phi) is 4.97. The lowest BCUT2D eigenvalue weighted by molar-refractivity contribution is 0.152. The van der Waals surface area contributed by atoms with Gasteiger partial charge in [-0.25, -0.2) is 4.98 Å². The van der Waals surface area contributed by atoms with E-state index in [4.69, 9.17) is 0 Å². The summed E-state index contributed by atoms with van der Waals surface area (Å²) in [6, 6.07) is 4.23. The van der Waals surface area contributed by atoms with E-state index in [-0.39, 0.29) is 0 Å². The van der Waals surface area contributed by atoms with Crippen molar-refractivity contribution in [2.24, 2.45) is 0 Å². The van der Waals surface area contributed by atoms with E-state index in [1.54, 1.807) is 6.33 Å². The summed E-state index contributed by atoms with van der Waals surface area (Å²) in [5, 5.41) is 17.8. The molecule has 0 fully saturated rings. The molecule has 1 atom stereocenters. The molecule has 3 aromatic rings. The molecule has 24 heavy (non-hydrogen) atoms. The second-order valence-corrected chi connectivity index (χ2v) is 6.46. The van der Waals surface area contributed by atoms with Crippen molar-refractivity contribution < 1.29 is 5.11 Å². The highest BCUT2D eigenvalue weighted by atomic mass is 16.3. The quantitative estimate of drug-likeness (QED) is 0.650. The van der Waals surface area contributed by atoms with Gasteiger partial charge in [0.2, 0.25) is 0 Å². The van der Waals surface area contributed by atoms with Gasteiger partial charge in [0.1, 0.15) is 0 Å². The highest BCUT2D eigenvalue weighted by Gasteiger charge is 2.09. The summed E-state index contributed by atoms with van der Waals surface area (Å²) in [5.74, 6) is 0. The third-order valence-corrected chi connectivity index (χ3v) is 4.30. The molecule has 0 bridgehead atoms. The van der Waals surface area contributed by atoms with Crippen LogP contribution < -0.4 is 5.32 Å². The molecule has 1 aromatic carbocycles. The van der Waals surface area contributed by atoms with Gasteiger partial charge >= 0.3 is 0 Å². The number of nitrogens with one attached hydrogen (secondary N) is 1. The first-order chi connectivity index (χ1) is 11.5. The molecular formula is C18H25N5O. The van der Waals surface area contributed by atoms with Crippen LogP contribution in [0.3, 0.4) is 0 Å². The third kappa shape index (κ3) is 3.83. The van der Waals surface area contributed by atoms with Crippen molar-refractivity contribution in [2.45, 2.75) is 40.0 Å². The summed E-state index contributed by atoms with van der Waals surface area (Å²) in [6.45, 7) is 8.87. The number of nitrogens with zero attached hydrogens (tertiary/aromatic N) is 4. The van der Waals surface area contributed by atoms with Crippen molar-refractivity contribution in [3.8, 4) is 0 Å². The fourth-order valence-electron chi connectivity index (χ4n) is 2.80. The summed E-state index contributed by atoms with van der Waals surface area (Å²) in [4.78, 5) is 4.43. The Bertz CT molecular complexity index is 820. The Morgan fingerprint density at radius 1 is 1.21 bits per heavy atom. The zero-order valence-electron chi connectivity index (χ0n) is 14.5. The molecule has 2 heterocycles. The van der Waals surface area contributed by atoms with E-state index in [1.807, 2.05) is 28.6 Å². The van der Waals surface area contributed by atoms with Gasteiger partial charge < -0.3 is 15.0 Å². The Morgan fingerprint density at radius 2 is 2.00 bits per heavy atom. The van der Waals surface area contributed by atoms with Gasteiger partial charge in [0, 0.05) is 19.3 Å². The van der Waals surface area contributed by atoms with Gasteiger partial charge in [-0.05, 0) is 49.6 Å². The van der Waals surface area contributed by atoms with Crippen molar-refractivity contribution in [2.75, 3.05) is 13.1 Å². The van der Waals surface area contributed by atoms with Crippen LogP contribution in [-0.2, 0) is 13.1 Å². The van der Waals surface area contributed by atoms with Crippen molar-refractivity contribution in [1.29, 1.82) is 0 Å². The SMILES string of the molecule is Cc1cnn(CCNC[C@H](O)Cn2cnc3cc(C)c(C)cc32)c1. The first-order valence-corrected chi connectivity index (χ1v) is 8.33. The number of aryl methyl sites for hydroxylation is 3. The fraction of sp³-hybridized carbons (Fsp3) is 0.444. The van der Waals surface area contributed by atoms with Gasteiger partial charge in [0.05, 0.1) is 42.8 Å². The van der Waals surface area contributed by atoms with Crippen molar-refractivity contribution >= 4 is 11.0 Å². The second-order valence-electron chi connectivity index (χ2n) is 6.46. The predicted octanol–water partition coefficient (Wildman–Crippen LogP) is 1.81. The maximum Gasteiger partial charge on any atom is 0.0959 e. The van der Waals surface area contributed by atoms with E-state index in [0.717, 1.165) is 29.7 Å². The monoisotopic (exact) mass is 327 g/mol. The molecule has 6 heteroatoms. The van der Waals surface area contributed by atoms with Crippen LogP contribution >= 0.6 is 0 Å². The van der Waals surface area contributed by atoms with Crippen molar-refractivity contribution in [3.63, 3.8) is 0 Å². The smallest absolute Gasteiger partial charge is 0.0959 e. The van der Waals surface area contributed by atoms with Crippen LogP contribution in [0, 0.1) is 20.8 Å². The Hall–Kier alpha value is -2.18. The molecule has 0 aliphatic heterocycles. The molecule has 2 N–H and O–H groups in total. The number of rotatable bonds is 7. The molecule has 0 spiro atoms. The van der Waals surface area contributed by atoms with Crippen molar-refractivity contribution in [3.05, 3.63) is 47.5 Å². The van der Waals surface area contributed by atoms with E-state index in [2.05, 4.69) is 41.4 Å². The van der Waals surface area contributed by atoms with Gasteiger partial charge in [0.15, 0.2) is 0 Å². The first kappa shape index (κ1) is 16.7. The van der Waals surface area contributed by atoms with Gasteiger partial charge in [-0.2, -0.15) is 5.10 Å². The van der Waals surface area contributed by atoms with E-state index in [0.29, 0.717) is 13.1 Å². The number of hydrogen-bond acceptors (Lipinski definition) is 4. The Morgan fingerprint density at radius 3 is 2.75 bits per heavy atom. The summed E-state index contributed by atoms with van der Waals surface area (Å²) < 4.78 is 3.92. The molecule has 6 nitrogen and oxygen atoms in total. The molecule has 0 unspecified atom stereocenters. The highest BCUT2D eigenvalue weighted by Crippen LogP contribution is 2.18. The molecule has 128 valence electrons. The van der Waals surface area contributed by atoms with Gasteiger partial charge in [0.25, 0.3) is 0 Å². The predicted molar refractivity (Wildman–Crippen MR) is 95.0 cm³/mol. The molecule has 0 radical (unpaired) electrons. The molecule has 0 amide bonds. The van der Waals surface area contributed by atoms with Gasteiger partial charge in [-0.3, -0.25) is 4.68 Å². The second kappa shape index (κ2) is 7.15.